The summed E-state index contributed by atoms with van der Waals surface area (Å²) in [6, 6.07) is 13.1. The molecule has 35 heavy (non-hydrogen) atoms. The van der Waals surface area contributed by atoms with Crippen molar-refractivity contribution in [2.75, 3.05) is 25.5 Å². The van der Waals surface area contributed by atoms with E-state index >= 15 is 0 Å². The Morgan fingerprint density at radius 2 is 1.83 bits per heavy atom. The van der Waals surface area contributed by atoms with E-state index in [9.17, 15) is 17.6 Å². The smallest absolute Gasteiger partial charge is 0.257 e. The predicted molar refractivity (Wildman–Crippen MR) is 131 cm³/mol. The highest BCUT2D eigenvalue weighted by Gasteiger charge is 2.27. The molecule has 1 aliphatic rings. The fourth-order valence-corrected chi connectivity index (χ4v) is 4.78. The highest BCUT2D eigenvalue weighted by molar-refractivity contribution is 7.89. The Labute approximate surface area is 204 Å². The summed E-state index contributed by atoms with van der Waals surface area (Å²) in [5.41, 5.74) is 3.10. The number of hydrogen-bond acceptors (Lipinski definition) is 6. The van der Waals surface area contributed by atoms with Gasteiger partial charge in [-0.3, -0.25) is 4.79 Å². The van der Waals surface area contributed by atoms with Gasteiger partial charge in [-0.2, -0.15) is 0 Å². The average Bonchev–Trinajstić information content (AvgIpc) is 2.84. The van der Waals surface area contributed by atoms with E-state index in [-0.39, 0.29) is 28.2 Å². The van der Waals surface area contributed by atoms with Crippen molar-refractivity contribution in [3.8, 4) is 5.75 Å². The number of halogens is 1. The fourth-order valence-electron chi connectivity index (χ4n) is 4.30. The number of benzene rings is 2. The zero-order chi connectivity index (χ0) is 25.2. The van der Waals surface area contributed by atoms with Crippen LogP contribution in [0, 0.1) is 12.7 Å². The Balaban J connectivity index is 1.58. The lowest BCUT2D eigenvalue weighted by Gasteiger charge is -2.32. The summed E-state index contributed by atoms with van der Waals surface area (Å²) in [5, 5.41) is 8.08. The number of pyridine rings is 1. The van der Waals surface area contributed by atoms with E-state index < -0.39 is 10.0 Å². The van der Waals surface area contributed by atoms with Gasteiger partial charge < -0.3 is 15.0 Å². The normalized spacial score (nSPS) is 14.6. The molecule has 1 fully saturated rings. The molecule has 0 unspecified atom stereocenters. The maximum absolute atomic E-state index is 13.4. The van der Waals surface area contributed by atoms with Crippen LogP contribution in [0.4, 0.5) is 15.8 Å². The van der Waals surface area contributed by atoms with Crippen LogP contribution in [0.2, 0.25) is 0 Å². The zero-order valence-corrected chi connectivity index (χ0v) is 20.3. The first-order valence-corrected chi connectivity index (χ1v) is 12.7. The van der Waals surface area contributed by atoms with Gasteiger partial charge in [0.2, 0.25) is 0 Å². The molecule has 0 aliphatic carbocycles. The number of primary sulfonamides is 1. The number of aromatic nitrogens is 1. The monoisotopic (exact) mass is 498 g/mol. The summed E-state index contributed by atoms with van der Waals surface area (Å²) in [5.74, 6) is 0.408. The van der Waals surface area contributed by atoms with Crippen molar-refractivity contribution in [3.05, 3.63) is 77.2 Å². The minimum Gasteiger partial charge on any atom is -0.496 e. The molecule has 0 saturated carbocycles. The highest BCUT2D eigenvalue weighted by atomic mass is 32.2. The molecule has 2 aromatic carbocycles. The van der Waals surface area contributed by atoms with E-state index in [1.165, 1.54) is 24.4 Å². The van der Waals surface area contributed by atoms with Crippen molar-refractivity contribution >= 4 is 27.3 Å². The summed E-state index contributed by atoms with van der Waals surface area (Å²) >= 11 is 0. The molecule has 1 saturated heterocycles. The van der Waals surface area contributed by atoms with Crippen LogP contribution in [0.3, 0.4) is 0 Å². The van der Waals surface area contributed by atoms with Crippen molar-refractivity contribution in [1.29, 1.82) is 0 Å². The van der Waals surface area contributed by atoms with Crippen LogP contribution in [0.25, 0.3) is 0 Å². The van der Waals surface area contributed by atoms with Crippen molar-refractivity contribution in [3.63, 3.8) is 0 Å². The Morgan fingerprint density at radius 3 is 2.43 bits per heavy atom. The van der Waals surface area contributed by atoms with E-state index in [2.05, 4.69) is 10.3 Å². The summed E-state index contributed by atoms with van der Waals surface area (Å²) in [6.45, 7) is 2.90. The summed E-state index contributed by atoms with van der Waals surface area (Å²) in [4.78, 5) is 19.1. The number of nitrogens with one attached hydrogen (secondary N) is 1. The van der Waals surface area contributed by atoms with Crippen LogP contribution in [-0.4, -0.2) is 44.4 Å². The van der Waals surface area contributed by atoms with Crippen LogP contribution < -0.4 is 15.2 Å². The number of nitrogens with zero attached hydrogens (tertiary/aromatic N) is 2. The van der Waals surface area contributed by atoms with Gasteiger partial charge in [0.05, 0.1) is 18.4 Å². The van der Waals surface area contributed by atoms with Crippen LogP contribution in [0.15, 0.2) is 59.8 Å². The first-order valence-electron chi connectivity index (χ1n) is 11.1. The number of hydrogen-bond donors (Lipinski definition) is 2. The third kappa shape index (κ3) is 5.60. The number of aryl methyl sites for hydroxylation is 1. The van der Waals surface area contributed by atoms with Gasteiger partial charge >= 0.3 is 0 Å². The maximum Gasteiger partial charge on any atom is 0.257 e. The minimum atomic E-state index is -4.07. The topological polar surface area (TPSA) is 115 Å². The number of carbonyl (C=O) groups excluding carboxylic acids is 1. The van der Waals surface area contributed by atoms with Gasteiger partial charge in [0.1, 0.15) is 11.6 Å². The van der Waals surface area contributed by atoms with Crippen molar-refractivity contribution in [2.24, 2.45) is 5.14 Å². The fraction of sp³-hybridized carbons (Fsp3) is 0.280. The Bertz CT molecular complexity index is 1340. The molecule has 4 rings (SSSR count). The van der Waals surface area contributed by atoms with Gasteiger partial charge in [-0.1, -0.05) is 12.1 Å². The summed E-state index contributed by atoms with van der Waals surface area (Å²) in [7, 11) is -2.49. The first-order chi connectivity index (χ1) is 16.7. The Kier molecular flexibility index (Phi) is 7.04. The second-order valence-corrected chi connectivity index (χ2v) is 10.0. The standard InChI is InChI=1S/C25H27FN4O4S/c1-16-13-20(7-8-23(16)34-2)29-22-14-24(35(27,32)33)28-15-21(22)25(31)30-11-9-18(10-12-30)17-3-5-19(26)6-4-17/h3-8,13-15,18H,9-12H2,1-2H3,(H,28,29)(H2,27,32,33). The third-order valence-corrected chi connectivity index (χ3v) is 7.00. The molecule has 3 aromatic rings. The molecule has 1 aromatic heterocycles. The van der Waals surface area contributed by atoms with Crippen molar-refractivity contribution in [2.45, 2.75) is 30.7 Å². The molecule has 8 nitrogen and oxygen atoms in total. The second-order valence-electron chi connectivity index (χ2n) is 8.54. The van der Waals surface area contributed by atoms with Gasteiger partial charge in [0.15, 0.2) is 5.03 Å². The van der Waals surface area contributed by atoms with Gasteiger partial charge in [0.25, 0.3) is 15.9 Å². The Hall–Kier alpha value is -3.50. The SMILES string of the molecule is COc1ccc(Nc2cc(S(N)(=O)=O)ncc2C(=O)N2CCC(c3ccc(F)cc3)CC2)cc1C. The van der Waals surface area contributed by atoms with E-state index in [1.54, 1.807) is 36.3 Å². The lowest BCUT2D eigenvalue weighted by molar-refractivity contribution is 0.0713. The number of nitrogens with two attached hydrogens (primary N) is 1. The van der Waals surface area contributed by atoms with E-state index in [4.69, 9.17) is 9.88 Å². The quantitative estimate of drug-likeness (QED) is 0.532. The zero-order valence-electron chi connectivity index (χ0n) is 19.5. The number of piperidine rings is 1. The van der Waals surface area contributed by atoms with E-state index in [0.717, 1.165) is 24.0 Å². The summed E-state index contributed by atoms with van der Waals surface area (Å²) in [6.07, 6.45) is 2.72. The minimum absolute atomic E-state index is 0.238. The highest BCUT2D eigenvalue weighted by Crippen LogP contribution is 2.31. The van der Waals surface area contributed by atoms with Crippen molar-refractivity contribution < 1.29 is 22.3 Å². The number of ether oxygens (including phenoxy) is 1. The summed E-state index contributed by atoms with van der Waals surface area (Å²) < 4.78 is 42.3. The molecule has 0 atom stereocenters. The lowest BCUT2D eigenvalue weighted by atomic mass is 9.89. The molecular formula is C25H27FN4O4S. The average molecular weight is 499 g/mol. The number of carbonyl (C=O) groups is 1. The first kappa shape index (κ1) is 24.6. The third-order valence-electron chi connectivity index (χ3n) is 6.20. The maximum atomic E-state index is 13.4. The van der Waals surface area contributed by atoms with Gasteiger partial charge in [-0.25, -0.2) is 22.9 Å². The molecule has 1 amide bonds. The van der Waals surface area contributed by atoms with Gasteiger partial charge in [0, 0.05) is 31.0 Å². The largest absolute Gasteiger partial charge is 0.496 e. The van der Waals surface area contributed by atoms with Crippen LogP contribution >= 0.6 is 0 Å². The second kappa shape index (κ2) is 10.0. The molecule has 2 heterocycles. The van der Waals surface area contributed by atoms with Crippen LogP contribution in [0.1, 0.15) is 40.2 Å². The molecule has 184 valence electrons. The number of anilines is 2. The van der Waals surface area contributed by atoms with Gasteiger partial charge in [-0.15, -0.1) is 0 Å². The number of rotatable bonds is 6. The molecule has 0 radical (unpaired) electrons. The molecule has 10 heteroatoms. The molecular weight excluding hydrogens is 471 g/mol. The molecule has 1 aliphatic heterocycles. The number of likely N-dealkylation sites (tertiary alicyclic amines) is 1. The lowest BCUT2D eigenvalue weighted by Crippen LogP contribution is -2.38. The van der Waals surface area contributed by atoms with Crippen LogP contribution in [0.5, 0.6) is 5.75 Å². The predicted octanol–water partition coefficient (Wildman–Crippen LogP) is 3.95. The molecule has 0 bridgehead atoms. The number of sulfonamides is 1. The number of methoxy groups -OCH3 is 1. The molecule has 3 N–H and O–H groups in total. The number of amides is 1. The van der Waals surface area contributed by atoms with Crippen molar-refractivity contribution in [1.82, 2.24) is 9.88 Å². The van der Waals surface area contributed by atoms with E-state index in [1.807, 2.05) is 13.0 Å². The van der Waals surface area contributed by atoms with Crippen LogP contribution in [-0.2, 0) is 10.0 Å². The Morgan fingerprint density at radius 1 is 1.14 bits per heavy atom. The van der Waals surface area contributed by atoms with Gasteiger partial charge in [-0.05, 0) is 67.1 Å². The molecule has 0 spiro atoms. The van der Waals surface area contributed by atoms with E-state index in [0.29, 0.717) is 30.2 Å².